The first-order valence-corrected chi connectivity index (χ1v) is 10.9. The Kier molecular flexibility index (Phi) is 9.37. The standard InChI is InChI=1S/C23H37N3O/c1-4-5-6-7-8-9-10-11-12-15-18-26-22-17-14-13-16-21(22)25-23(26)19(2)24-20(3)27/h13-14,16-17,19H,4-12,15,18H2,1-3H3,(H,24,27). The van der Waals surface area contributed by atoms with Crippen LogP contribution in [0.4, 0.5) is 0 Å². The van der Waals surface area contributed by atoms with Crippen LogP contribution in [0.15, 0.2) is 24.3 Å². The maximum atomic E-state index is 11.4. The van der Waals surface area contributed by atoms with Gasteiger partial charge in [0.1, 0.15) is 5.82 Å². The van der Waals surface area contributed by atoms with E-state index in [1.165, 1.54) is 63.3 Å². The van der Waals surface area contributed by atoms with E-state index in [0.717, 1.165) is 24.3 Å². The van der Waals surface area contributed by atoms with Crippen molar-refractivity contribution in [2.24, 2.45) is 0 Å². The Balaban J connectivity index is 1.82. The topological polar surface area (TPSA) is 46.9 Å². The summed E-state index contributed by atoms with van der Waals surface area (Å²) in [6, 6.07) is 8.19. The summed E-state index contributed by atoms with van der Waals surface area (Å²) in [6.07, 6.45) is 13.4. The first-order valence-electron chi connectivity index (χ1n) is 10.9. The van der Waals surface area contributed by atoms with E-state index in [4.69, 9.17) is 4.98 Å². The Labute approximate surface area is 164 Å². The zero-order chi connectivity index (χ0) is 19.5. The molecule has 150 valence electrons. The molecule has 2 rings (SSSR count). The summed E-state index contributed by atoms with van der Waals surface area (Å²) in [5.74, 6) is 0.947. The van der Waals surface area contributed by atoms with Gasteiger partial charge in [0.15, 0.2) is 0 Å². The first-order chi connectivity index (χ1) is 13.1. The van der Waals surface area contributed by atoms with Crippen LogP contribution in [0, 0.1) is 0 Å². The number of amides is 1. The summed E-state index contributed by atoms with van der Waals surface area (Å²) in [7, 11) is 0. The lowest BCUT2D eigenvalue weighted by atomic mass is 10.1. The summed E-state index contributed by atoms with van der Waals surface area (Å²) in [6.45, 7) is 6.81. The number of nitrogens with one attached hydrogen (secondary N) is 1. The molecule has 1 amide bonds. The quantitative estimate of drug-likeness (QED) is 0.429. The number of unbranched alkanes of at least 4 members (excludes halogenated alkanes) is 9. The number of aryl methyl sites for hydroxylation is 1. The van der Waals surface area contributed by atoms with Gasteiger partial charge < -0.3 is 9.88 Å². The second kappa shape index (κ2) is 11.8. The smallest absolute Gasteiger partial charge is 0.217 e. The molecule has 1 aromatic heterocycles. The summed E-state index contributed by atoms with van der Waals surface area (Å²) in [4.78, 5) is 16.2. The SMILES string of the molecule is CCCCCCCCCCCCn1c(C(C)NC(C)=O)nc2ccccc21. The highest BCUT2D eigenvalue weighted by atomic mass is 16.1. The molecule has 0 fully saturated rings. The Morgan fingerprint density at radius 1 is 1.00 bits per heavy atom. The van der Waals surface area contributed by atoms with Crippen molar-refractivity contribution in [3.8, 4) is 0 Å². The van der Waals surface area contributed by atoms with E-state index in [1.54, 1.807) is 6.92 Å². The van der Waals surface area contributed by atoms with Crippen molar-refractivity contribution >= 4 is 16.9 Å². The first kappa shape index (κ1) is 21.5. The zero-order valence-corrected chi connectivity index (χ0v) is 17.5. The highest BCUT2D eigenvalue weighted by molar-refractivity contribution is 5.77. The molecule has 0 bridgehead atoms. The molecule has 1 heterocycles. The fourth-order valence-electron chi connectivity index (χ4n) is 3.79. The number of aromatic nitrogens is 2. The summed E-state index contributed by atoms with van der Waals surface area (Å²) in [5.41, 5.74) is 2.18. The number of hydrogen-bond donors (Lipinski definition) is 1. The van der Waals surface area contributed by atoms with Crippen molar-refractivity contribution in [3.63, 3.8) is 0 Å². The molecule has 2 aromatic rings. The number of hydrogen-bond acceptors (Lipinski definition) is 2. The lowest BCUT2D eigenvalue weighted by Gasteiger charge is -2.15. The second-order valence-corrected chi connectivity index (χ2v) is 7.71. The van der Waals surface area contributed by atoms with Gasteiger partial charge in [-0.25, -0.2) is 4.98 Å². The number of carbonyl (C=O) groups excluding carboxylic acids is 1. The van der Waals surface area contributed by atoms with Crippen molar-refractivity contribution in [1.82, 2.24) is 14.9 Å². The molecule has 0 saturated heterocycles. The lowest BCUT2D eigenvalue weighted by molar-refractivity contribution is -0.119. The highest BCUT2D eigenvalue weighted by Crippen LogP contribution is 2.22. The van der Waals surface area contributed by atoms with Crippen molar-refractivity contribution in [2.75, 3.05) is 0 Å². The number of benzene rings is 1. The van der Waals surface area contributed by atoms with Crippen LogP contribution in [0.3, 0.4) is 0 Å². The third-order valence-electron chi connectivity index (χ3n) is 5.23. The van der Waals surface area contributed by atoms with E-state index < -0.39 is 0 Å². The number of imidazole rings is 1. The van der Waals surface area contributed by atoms with Gasteiger partial charge in [-0.2, -0.15) is 0 Å². The van der Waals surface area contributed by atoms with Crippen molar-refractivity contribution in [1.29, 1.82) is 0 Å². The third kappa shape index (κ3) is 7.00. The Morgan fingerprint density at radius 2 is 1.59 bits per heavy atom. The van der Waals surface area contributed by atoms with Gasteiger partial charge in [-0.05, 0) is 25.5 Å². The number of para-hydroxylation sites is 2. The zero-order valence-electron chi connectivity index (χ0n) is 17.5. The number of carbonyl (C=O) groups is 1. The van der Waals surface area contributed by atoms with Crippen LogP contribution >= 0.6 is 0 Å². The van der Waals surface area contributed by atoms with Gasteiger partial charge in [0.25, 0.3) is 0 Å². The van der Waals surface area contributed by atoms with Crippen LogP contribution in [0.25, 0.3) is 11.0 Å². The Hall–Kier alpha value is -1.84. The minimum atomic E-state index is -0.0713. The number of nitrogens with zero attached hydrogens (tertiary/aromatic N) is 2. The van der Waals surface area contributed by atoms with Crippen molar-refractivity contribution in [2.45, 2.75) is 97.6 Å². The van der Waals surface area contributed by atoms with Gasteiger partial charge in [0.2, 0.25) is 5.91 Å². The molecular formula is C23H37N3O. The number of fused-ring (bicyclic) bond motifs is 1. The molecule has 0 radical (unpaired) electrons. The molecular weight excluding hydrogens is 334 g/mol. The van der Waals surface area contributed by atoms with Crippen molar-refractivity contribution in [3.05, 3.63) is 30.1 Å². The minimum absolute atomic E-state index is 0.0138. The van der Waals surface area contributed by atoms with E-state index in [1.807, 2.05) is 19.1 Å². The van der Waals surface area contributed by atoms with Gasteiger partial charge in [0, 0.05) is 13.5 Å². The van der Waals surface area contributed by atoms with Gasteiger partial charge in [0.05, 0.1) is 17.1 Å². The van der Waals surface area contributed by atoms with E-state index in [-0.39, 0.29) is 11.9 Å². The summed E-state index contributed by atoms with van der Waals surface area (Å²) in [5, 5.41) is 2.98. The van der Waals surface area contributed by atoms with E-state index in [0.29, 0.717) is 0 Å². The van der Waals surface area contributed by atoms with Crippen LogP contribution < -0.4 is 5.32 Å². The normalized spacial score (nSPS) is 12.4. The maximum Gasteiger partial charge on any atom is 0.217 e. The third-order valence-corrected chi connectivity index (χ3v) is 5.23. The van der Waals surface area contributed by atoms with Crippen LogP contribution in [0.2, 0.25) is 0 Å². The second-order valence-electron chi connectivity index (χ2n) is 7.71. The molecule has 0 aliphatic heterocycles. The monoisotopic (exact) mass is 371 g/mol. The largest absolute Gasteiger partial charge is 0.347 e. The van der Waals surface area contributed by atoms with E-state index in [2.05, 4.69) is 28.9 Å². The predicted molar refractivity (Wildman–Crippen MR) is 114 cm³/mol. The van der Waals surface area contributed by atoms with Crippen LogP contribution in [0.5, 0.6) is 0 Å². The molecule has 1 atom stereocenters. The molecule has 1 N–H and O–H groups in total. The molecule has 4 heteroatoms. The molecule has 0 spiro atoms. The molecule has 1 unspecified atom stereocenters. The summed E-state index contributed by atoms with van der Waals surface area (Å²) >= 11 is 0. The minimum Gasteiger partial charge on any atom is -0.347 e. The van der Waals surface area contributed by atoms with Gasteiger partial charge in [-0.3, -0.25) is 4.79 Å². The highest BCUT2D eigenvalue weighted by Gasteiger charge is 2.16. The van der Waals surface area contributed by atoms with Gasteiger partial charge >= 0.3 is 0 Å². The Morgan fingerprint density at radius 3 is 2.22 bits per heavy atom. The molecule has 0 saturated carbocycles. The predicted octanol–water partition coefficient (Wildman–Crippen LogP) is 6.15. The summed E-state index contributed by atoms with van der Waals surface area (Å²) < 4.78 is 2.29. The van der Waals surface area contributed by atoms with Gasteiger partial charge in [-0.1, -0.05) is 76.8 Å². The van der Waals surface area contributed by atoms with Crippen LogP contribution in [-0.2, 0) is 11.3 Å². The average Bonchev–Trinajstić information content (AvgIpc) is 3.01. The maximum absolute atomic E-state index is 11.4. The average molecular weight is 372 g/mol. The van der Waals surface area contributed by atoms with Crippen LogP contribution in [-0.4, -0.2) is 15.5 Å². The molecule has 27 heavy (non-hydrogen) atoms. The fraction of sp³-hybridized carbons (Fsp3) is 0.652. The van der Waals surface area contributed by atoms with Crippen LogP contribution in [0.1, 0.15) is 96.8 Å². The fourth-order valence-corrected chi connectivity index (χ4v) is 3.79. The molecule has 1 aromatic carbocycles. The Bertz CT molecular complexity index is 692. The molecule has 4 nitrogen and oxygen atoms in total. The number of rotatable bonds is 13. The van der Waals surface area contributed by atoms with Crippen molar-refractivity contribution < 1.29 is 4.79 Å². The van der Waals surface area contributed by atoms with E-state index >= 15 is 0 Å². The molecule has 0 aliphatic carbocycles. The lowest BCUT2D eigenvalue weighted by Crippen LogP contribution is -2.26. The van der Waals surface area contributed by atoms with E-state index in [9.17, 15) is 4.79 Å². The molecule has 0 aliphatic rings. The van der Waals surface area contributed by atoms with Gasteiger partial charge in [-0.15, -0.1) is 0 Å².